The molecule has 1 aliphatic carbocycles. The molecule has 0 aliphatic heterocycles. The Balaban J connectivity index is 1.88. The number of thiazole rings is 1. The maximum absolute atomic E-state index is 4.36. The molecule has 20 heavy (non-hydrogen) atoms. The summed E-state index contributed by atoms with van der Waals surface area (Å²) in [6, 6.07) is 0. The van der Waals surface area contributed by atoms with Crippen LogP contribution in [0.25, 0.3) is 0 Å². The fourth-order valence-electron chi connectivity index (χ4n) is 3.40. The monoisotopic (exact) mass is 295 g/mol. The number of aromatic nitrogens is 1. The second kappa shape index (κ2) is 7.53. The minimum Gasteiger partial charge on any atom is -0.316 e. The van der Waals surface area contributed by atoms with Crippen molar-refractivity contribution in [3.05, 3.63) is 16.1 Å². The third kappa shape index (κ3) is 4.27. The molecule has 0 saturated heterocycles. The number of nitrogens with zero attached hydrogens (tertiary/aromatic N) is 2. The lowest BCUT2D eigenvalue weighted by Crippen LogP contribution is -2.41. The van der Waals surface area contributed by atoms with Gasteiger partial charge in [-0.2, -0.15) is 0 Å². The fourth-order valence-corrected chi connectivity index (χ4v) is 4.25. The minimum absolute atomic E-state index is 0.502. The highest BCUT2D eigenvalue weighted by Crippen LogP contribution is 2.38. The van der Waals surface area contributed by atoms with E-state index < -0.39 is 0 Å². The predicted octanol–water partition coefficient (Wildman–Crippen LogP) is 3.44. The van der Waals surface area contributed by atoms with Crippen LogP contribution in [0.1, 0.15) is 49.6 Å². The van der Waals surface area contributed by atoms with Crippen LogP contribution in [0.5, 0.6) is 0 Å². The molecule has 1 N–H and O–H groups in total. The highest BCUT2D eigenvalue weighted by atomic mass is 32.1. The van der Waals surface area contributed by atoms with Gasteiger partial charge < -0.3 is 10.2 Å². The van der Waals surface area contributed by atoms with Gasteiger partial charge in [-0.3, -0.25) is 0 Å². The number of nitrogens with one attached hydrogen (secondary N) is 1. The Hall–Kier alpha value is -0.450. The van der Waals surface area contributed by atoms with Gasteiger partial charge in [0.15, 0.2) is 0 Å². The van der Waals surface area contributed by atoms with Crippen LogP contribution in [0.15, 0.2) is 5.51 Å². The summed E-state index contributed by atoms with van der Waals surface area (Å²) < 4.78 is 0. The molecule has 1 aromatic heterocycles. The molecule has 0 amide bonds. The van der Waals surface area contributed by atoms with Gasteiger partial charge in [0, 0.05) is 24.5 Å². The lowest BCUT2D eigenvalue weighted by molar-refractivity contribution is 0.168. The van der Waals surface area contributed by atoms with E-state index in [1.54, 1.807) is 11.3 Å². The van der Waals surface area contributed by atoms with Crippen molar-refractivity contribution in [1.29, 1.82) is 0 Å². The molecule has 0 unspecified atom stereocenters. The molecule has 1 aliphatic rings. The number of hydrogen-bond donors (Lipinski definition) is 1. The van der Waals surface area contributed by atoms with Gasteiger partial charge in [-0.1, -0.05) is 19.8 Å². The van der Waals surface area contributed by atoms with Gasteiger partial charge in [0.05, 0.1) is 11.2 Å². The quantitative estimate of drug-likeness (QED) is 0.745. The highest BCUT2D eigenvalue weighted by molar-refractivity contribution is 7.09. The topological polar surface area (TPSA) is 28.2 Å². The molecule has 4 heteroatoms. The van der Waals surface area contributed by atoms with Crippen molar-refractivity contribution in [2.45, 2.75) is 52.5 Å². The molecule has 1 saturated carbocycles. The van der Waals surface area contributed by atoms with Crippen LogP contribution in [0.4, 0.5) is 0 Å². The van der Waals surface area contributed by atoms with E-state index in [0.29, 0.717) is 5.41 Å². The SMILES string of the molecule is CCCNCC1(CN(C)Cc2scnc2C)CCCC1. The van der Waals surface area contributed by atoms with Gasteiger partial charge >= 0.3 is 0 Å². The largest absolute Gasteiger partial charge is 0.316 e. The average Bonchev–Trinajstić information content (AvgIpc) is 3.01. The second-order valence-corrected chi connectivity index (χ2v) is 7.36. The summed E-state index contributed by atoms with van der Waals surface area (Å²) in [5.74, 6) is 0. The van der Waals surface area contributed by atoms with Gasteiger partial charge in [-0.15, -0.1) is 11.3 Å². The minimum atomic E-state index is 0.502. The van der Waals surface area contributed by atoms with Crippen molar-refractivity contribution in [1.82, 2.24) is 15.2 Å². The molecule has 3 nitrogen and oxygen atoms in total. The molecule has 1 aromatic rings. The fraction of sp³-hybridized carbons (Fsp3) is 0.812. The van der Waals surface area contributed by atoms with Crippen LogP contribution >= 0.6 is 11.3 Å². The van der Waals surface area contributed by atoms with Crippen molar-refractivity contribution in [3.8, 4) is 0 Å². The number of hydrogen-bond acceptors (Lipinski definition) is 4. The smallest absolute Gasteiger partial charge is 0.0798 e. The van der Waals surface area contributed by atoms with Crippen molar-refractivity contribution < 1.29 is 0 Å². The Labute approximate surface area is 127 Å². The van der Waals surface area contributed by atoms with Gasteiger partial charge in [-0.25, -0.2) is 4.98 Å². The Morgan fingerprint density at radius 3 is 2.75 bits per heavy atom. The Morgan fingerprint density at radius 2 is 2.15 bits per heavy atom. The van der Waals surface area contributed by atoms with Gasteiger partial charge in [-0.05, 0) is 45.2 Å². The molecule has 2 rings (SSSR count). The van der Waals surface area contributed by atoms with E-state index in [1.807, 2.05) is 5.51 Å². The molecular weight excluding hydrogens is 266 g/mol. The maximum Gasteiger partial charge on any atom is 0.0798 e. The van der Waals surface area contributed by atoms with Gasteiger partial charge in [0.2, 0.25) is 0 Å². The van der Waals surface area contributed by atoms with Crippen LogP contribution in [-0.4, -0.2) is 36.6 Å². The standard InChI is InChI=1S/C16H29N3S/c1-4-9-17-11-16(7-5-6-8-16)12-19(3)10-15-14(2)18-13-20-15/h13,17H,4-12H2,1-3H3. The molecule has 0 spiro atoms. The van der Waals surface area contributed by atoms with Gasteiger partial charge in [0.25, 0.3) is 0 Å². The first-order valence-corrected chi connectivity index (χ1v) is 8.81. The van der Waals surface area contributed by atoms with Gasteiger partial charge in [0.1, 0.15) is 0 Å². The van der Waals surface area contributed by atoms with Crippen molar-refractivity contribution in [2.75, 3.05) is 26.7 Å². The van der Waals surface area contributed by atoms with Crippen LogP contribution in [0.2, 0.25) is 0 Å². The number of aryl methyl sites for hydroxylation is 1. The predicted molar refractivity (Wildman–Crippen MR) is 87.2 cm³/mol. The first-order valence-electron chi connectivity index (χ1n) is 7.93. The van der Waals surface area contributed by atoms with E-state index in [-0.39, 0.29) is 0 Å². The molecule has 114 valence electrons. The first-order chi connectivity index (χ1) is 9.65. The Kier molecular flexibility index (Phi) is 6.00. The lowest BCUT2D eigenvalue weighted by atomic mass is 9.85. The third-order valence-corrected chi connectivity index (χ3v) is 5.37. The Bertz CT molecular complexity index is 396. The zero-order valence-electron chi connectivity index (χ0n) is 13.2. The maximum atomic E-state index is 4.36. The zero-order valence-corrected chi connectivity index (χ0v) is 14.1. The van der Waals surface area contributed by atoms with Crippen molar-refractivity contribution in [2.24, 2.45) is 5.41 Å². The zero-order chi connectivity index (χ0) is 14.4. The van der Waals surface area contributed by atoms with E-state index in [0.717, 1.165) is 13.1 Å². The first kappa shape index (κ1) is 15.9. The lowest BCUT2D eigenvalue weighted by Gasteiger charge is -2.34. The summed E-state index contributed by atoms with van der Waals surface area (Å²) in [6.45, 7) is 8.96. The summed E-state index contributed by atoms with van der Waals surface area (Å²) in [5, 5.41) is 3.66. The molecular formula is C16H29N3S. The third-order valence-electron chi connectivity index (χ3n) is 4.45. The molecule has 0 atom stereocenters. The molecule has 1 fully saturated rings. The van der Waals surface area contributed by atoms with Crippen LogP contribution in [0.3, 0.4) is 0 Å². The molecule has 0 bridgehead atoms. The summed E-state index contributed by atoms with van der Waals surface area (Å²) in [7, 11) is 2.26. The highest BCUT2D eigenvalue weighted by Gasteiger charge is 2.34. The summed E-state index contributed by atoms with van der Waals surface area (Å²) >= 11 is 1.79. The van der Waals surface area contributed by atoms with Crippen molar-refractivity contribution >= 4 is 11.3 Å². The normalized spacial score (nSPS) is 18.0. The van der Waals surface area contributed by atoms with E-state index >= 15 is 0 Å². The second-order valence-electron chi connectivity index (χ2n) is 6.42. The van der Waals surface area contributed by atoms with Crippen molar-refractivity contribution in [3.63, 3.8) is 0 Å². The summed E-state index contributed by atoms with van der Waals surface area (Å²) in [6.07, 6.45) is 6.81. The van der Waals surface area contributed by atoms with E-state index in [2.05, 4.69) is 36.1 Å². The van der Waals surface area contributed by atoms with Crippen LogP contribution < -0.4 is 5.32 Å². The number of rotatable bonds is 8. The molecule has 1 heterocycles. The molecule has 0 radical (unpaired) electrons. The van der Waals surface area contributed by atoms with E-state index in [4.69, 9.17) is 0 Å². The van der Waals surface area contributed by atoms with E-state index in [9.17, 15) is 0 Å². The van der Waals surface area contributed by atoms with E-state index in [1.165, 1.54) is 55.8 Å². The molecule has 0 aromatic carbocycles. The van der Waals surface area contributed by atoms with Crippen LogP contribution in [0, 0.1) is 12.3 Å². The summed E-state index contributed by atoms with van der Waals surface area (Å²) in [4.78, 5) is 8.28. The Morgan fingerprint density at radius 1 is 1.40 bits per heavy atom. The van der Waals surface area contributed by atoms with Crippen LogP contribution in [-0.2, 0) is 6.54 Å². The average molecular weight is 295 g/mol. The summed E-state index contributed by atoms with van der Waals surface area (Å²) in [5.41, 5.74) is 3.67.